The van der Waals surface area contributed by atoms with Gasteiger partial charge in [-0.2, -0.15) is 0 Å². The Labute approximate surface area is 106 Å². The van der Waals surface area contributed by atoms with Gasteiger partial charge in [0.05, 0.1) is 0 Å². The number of rotatable bonds is 3. The van der Waals surface area contributed by atoms with E-state index in [0.717, 1.165) is 0 Å². The van der Waals surface area contributed by atoms with Crippen molar-refractivity contribution in [3.8, 4) is 0 Å². The number of hydrogen-bond donors (Lipinski definition) is 2. The van der Waals surface area contributed by atoms with Crippen LogP contribution in [-0.2, 0) is 4.79 Å². The number of carbonyl (C=O) groups excluding carboxylic acids is 1. The molecule has 0 aliphatic rings. The van der Waals surface area contributed by atoms with E-state index in [0.29, 0.717) is 5.82 Å². The smallest absolute Gasteiger partial charge is 0.227 e. The summed E-state index contributed by atoms with van der Waals surface area (Å²) in [6.45, 7) is 5.98. The quantitative estimate of drug-likeness (QED) is 0.809. The molecule has 1 unspecified atom stereocenters. The molecule has 0 aromatic carbocycles. The minimum absolute atomic E-state index is 0.110. The number of nitrogens with two attached hydrogens (primary N) is 1. The lowest BCUT2D eigenvalue weighted by molar-refractivity contribution is -0.117. The maximum atomic E-state index is 11.7. The molecule has 0 spiro atoms. The number of amides is 1. The van der Waals surface area contributed by atoms with E-state index in [1.807, 2.05) is 20.8 Å². The van der Waals surface area contributed by atoms with E-state index in [2.05, 4.69) is 15.3 Å². The number of aromatic nitrogens is 2. The Hall–Kier alpha value is -1.20. The van der Waals surface area contributed by atoms with Crippen LogP contribution in [0.4, 0.5) is 5.82 Å². The molecule has 1 amide bonds. The van der Waals surface area contributed by atoms with Crippen LogP contribution in [0.25, 0.3) is 0 Å². The molecule has 3 N–H and O–H groups in total. The van der Waals surface area contributed by atoms with Crippen molar-refractivity contribution in [1.82, 2.24) is 9.97 Å². The van der Waals surface area contributed by atoms with E-state index in [1.54, 1.807) is 0 Å². The Bertz CT molecular complexity index is 403. The lowest BCUT2D eigenvalue weighted by atomic mass is 9.85. The van der Waals surface area contributed by atoms with Crippen LogP contribution in [0.2, 0.25) is 5.15 Å². The van der Waals surface area contributed by atoms with Crippen molar-refractivity contribution in [2.24, 2.45) is 11.1 Å². The third-order valence-electron chi connectivity index (χ3n) is 2.42. The highest BCUT2D eigenvalue weighted by Crippen LogP contribution is 2.20. The highest BCUT2D eigenvalue weighted by molar-refractivity contribution is 6.29. The summed E-state index contributed by atoms with van der Waals surface area (Å²) in [7, 11) is 0. The molecular weight excluding hydrogens is 240 g/mol. The number of halogens is 1. The summed E-state index contributed by atoms with van der Waals surface area (Å²) in [4.78, 5) is 19.3. The normalized spacial score (nSPS) is 13.2. The molecular formula is C11H17ClN4O. The first kappa shape index (κ1) is 13.9. The third kappa shape index (κ3) is 4.66. The number of nitrogens with zero attached hydrogens (tertiary/aromatic N) is 2. The van der Waals surface area contributed by atoms with E-state index in [4.69, 9.17) is 17.3 Å². The van der Waals surface area contributed by atoms with Crippen molar-refractivity contribution in [3.05, 3.63) is 17.5 Å². The summed E-state index contributed by atoms with van der Waals surface area (Å²) in [5, 5.41) is 2.92. The summed E-state index contributed by atoms with van der Waals surface area (Å²) >= 11 is 5.68. The molecule has 5 nitrogen and oxygen atoms in total. The van der Waals surface area contributed by atoms with Gasteiger partial charge in [0.1, 0.15) is 17.3 Å². The molecule has 0 aliphatic heterocycles. The minimum Gasteiger partial charge on any atom is -0.327 e. The zero-order valence-corrected chi connectivity index (χ0v) is 11.0. The lowest BCUT2D eigenvalue weighted by Gasteiger charge is -2.26. The first-order valence-corrected chi connectivity index (χ1v) is 5.70. The van der Waals surface area contributed by atoms with E-state index in [-0.39, 0.29) is 28.9 Å². The maximum absolute atomic E-state index is 11.7. The van der Waals surface area contributed by atoms with Gasteiger partial charge in [0.15, 0.2) is 0 Å². The van der Waals surface area contributed by atoms with Gasteiger partial charge in [-0.05, 0) is 5.41 Å². The fourth-order valence-electron chi connectivity index (χ4n) is 1.10. The van der Waals surface area contributed by atoms with Crippen LogP contribution in [0.1, 0.15) is 27.2 Å². The number of carbonyl (C=O) groups is 1. The molecule has 0 saturated carbocycles. The number of anilines is 1. The molecule has 1 aromatic rings. The Balaban J connectivity index is 2.56. The molecule has 17 heavy (non-hydrogen) atoms. The fourth-order valence-corrected chi connectivity index (χ4v) is 1.25. The SMILES string of the molecule is CC(C)(C)C(N)CC(=O)Nc1cc(Cl)ncn1. The summed E-state index contributed by atoms with van der Waals surface area (Å²) in [5.41, 5.74) is 5.81. The molecule has 6 heteroatoms. The van der Waals surface area contributed by atoms with Crippen molar-refractivity contribution in [2.45, 2.75) is 33.2 Å². The molecule has 1 rings (SSSR count). The van der Waals surface area contributed by atoms with E-state index in [9.17, 15) is 4.79 Å². The van der Waals surface area contributed by atoms with Gasteiger partial charge in [0.25, 0.3) is 0 Å². The Morgan fingerprint density at radius 1 is 1.53 bits per heavy atom. The lowest BCUT2D eigenvalue weighted by Crippen LogP contribution is -2.38. The molecule has 0 fully saturated rings. The fraction of sp³-hybridized carbons (Fsp3) is 0.545. The van der Waals surface area contributed by atoms with Gasteiger partial charge in [0.2, 0.25) is 5.91 Å². The van der Waals surface area contributed by atoms with Crippen molar-refractivity contribution < 1.29 is 4.79 Å². The van der Waals surface area contributed by atoms with Crippen LogP contribution >= 0.6 is 11.6 Å². The average Bonchev–Trinajstić information content (AvgIpc) is 2.15. The summed E-state index contributed by atoms with van der Waals surface area (Å²) in [6.07, 6.45) is 1.53. The summed E-state index contributed by atoms with van der Waals surface area (Å²) in [6, 6.07) is 1.28. The first-order valence-electron chi connectivity index (χ1n) is 5.32. The highest BCUT2D eigenvalue weighted by atomic mass is 35.5. The van der Waals surface area contributed by atoms with Crippen LogP contribution in [-0.4, -0.2) is 21.9 Å². The van der Waals surface area contributed by atoms with Gasteiger partial charge < -0.3 is 11.1 Å². The zero-order chi connectivity index (χ0) is 13.1. The predicted octanol–water partition coefficient (Wildman–Crippen LogP) is 1.83. The average molecular weight is 257 g/mol. The molecule has 0 saturated heterocycles. The standard InChI is InChI=1S/C11H17ClN4O/c1-11(2,3)7(13)4-10(17)16-9-5-8(12)14-6-15-9/h5-7H,4,13H2,1-3H3,(H,14,15,16,17). The topological polar surface area (TPSA) is 80.9 Å². The monoisotopic (exact) mass is 256 g/mol. The summed E-state index contributed by atoms with van der Waals surface area (Å²) < 4.78 is 0. The van der Waals surface area contributed by atoms with E-state index >= 15 is 0 Å². The van der Waals surface area contributed by atoms with Crippen molar-refractivity contribution in [3.63, 3.8) is 0 Å². The van der Waals surface area contributed by atoms with Crippen LogP contribution in [0.15, 0.2) is 12.4 Å². The second-order valence-corrected chi connectivity index (χ2v) is 5.34. The molecule has 1 aromatic heterocycles. The Morgan fingerprint density at radius 2 is 2.18 bits per heavy atom. The van der Waals surface area contributed by atoms with Crippen LogP contribution in [0, 0.1) is 5.41 Å². The van der Waals surface area contributed by atoms with Crippen molar-refractivity contribution in [1.29, 1.82) is 0 Å². The molecule has 0 radical (unpaired) electrons. The Kier molecular flexibility index (Phi) is 4.42. The number of nitrogens with one attached hydrogen (secondary N) is 1. The maximum Gasteiger partial charge on any atom is 0.227 e. The van der Waals surface area contributed by atoms with Gasteiger partial charge in [-0.25, -0.2) is 9.97 Å². The highest BCUT2D eigenvalue weighted by Gasteiger charge is 2.23. The van der Waals surface area contributed by atoms with Gasteiger partial charge in [0, 0.05) is 18.5 Å². The Morgan fingerprint density at radius 3 is 2.71 bits per heavy atom. The number of hydrogen-bond acceptors (Lipinski definition) is 4. The van der Waals surface area contributed by atoms with Crippen molar-refractivity contribution in [2.75, 3.05) is 5.32 Å². The molecule has 94 valence electrons. The van der Waals surface area contributed by atoms with Crippen molar-refractivity contribution >= 4 is 23.3 Å². The predicted molar refractivity (Wildman–Crippen MR) is 67.7 cm³/mol. The summed E-state index contributed by atoms with van der Waals surface area (Å²) in [5.74, 6) is 0.207. The van der Waals surface area contributed by atoms with E-state index in [1.165, 1.54) is 12.4 Å². The van der Waals surface area contributed by atoms with Gasteiger partial charge in [-0.15, -0.1) is 0 Å². The molecule has 1 atom stereocenters. The van der Waals surface area contributed by atoms with Crippen LogP contribution < -0.4 is 11.1 Å². The van der Waals surface area contributed by atoms with E-state index < -0.39 is 0 Å². The molecule has 1 heterocycles. The largest absolute Gasteiger partial charge is 0.327 e. The second kappa shape index (κ2) is 5.42. The second-order valence-electron chi connectivity index (χ2n) is 4.95. The minimum atomic E-state index is -0.209. The molecule has 0 aliphatic carbocycles. The first-order chi connectivity index (χ1) is 7.79. The van der Waals surface area contributed by atoms with Gasteiger partial charge >= 0.3 is 0 Å². The zero-order valence-electron chi connectivity index (χ0n) is 10.2. The van der Waals surface area contributed by atoms with Crippen LogP contribution in [0.5, 0.6) is 0 Å². The molecule has 0 bridgehead atoms. The third-order valence-corrected chi connectivity index (χ3v) is 2.63. The van der Waals surface area contributed by atoms with Gasteiger partial charge in [-0.3, -0.25) is 4.79 Å². The van der Waals surface area contributed by atoms with Crippen LogP contribution in [0.3, 0.4) is 0 Å². The van der Waals surface area contributed by atoms with Gasteiger partial charge in [-0.1, -0.05) is 32.4 Å².